The normalized spacial score (nSPS) is 9.58. The van der Waals surface area contributed by atoms with Gasteiger partial charge in [-0.2, -0.15) is 0 Å². The van der Waals surface area contributed by atoms with Gasteiger partial charge < -0.3 is 5.73 Å². The van der Waals surface area contributed by atoms with Crippen molar-refractivity contribution in [3.05, 3.63) is 60.2 Å². The summed E-state index contributed by atoms with van der Waals surface area (Å²) in [7, 11) is -2.12. The van der Waals surface area contributed by atoms with Gasteiger partial charge in [-0.3, -0.25) is 4.79 Å². The average Bonchev–Trinajstić information content (AvgIpc) is 2.39. The first kappa shape index (κ1) is 14.9. The molecule has 19 heavy (non-hydrogen) atoms. The highest BCUT2D eigenvalue weighted by molar-refractivity contribution is 7.71. The fraction of sp³-hybridized carbons (Fsp3) is 0.0714. The van der Waals surface area contributed by atoms with Gasteiger partial charge in [0.2, 0.25) is 5.91 Å². The maximum Gasteiger partial charge on any atom is 0.249 e. The van der Waals surface area contributed by atoms with Crippen LogP contribution in [0.1, 0.15) is 10.4 Å². The van der Waals surface area contributed by atoms with Crippen LogP contribution in [-0.2, 0) is 10.7 Å². The van der Waals surface area contributed by atoms with Gasteiger partial charge in [0.25, 0.3) is 0 Å². The van der Waals surface area contributed by atoms with E-state index in [4.69, 9.17) is 14.2 Å². The molecule has 0 aliphatic heterocycles. The van der Waals surface area contributed by atoms with Crippen LogP contribution >= 0.6 is 0 Å². The topological polar surface area (TPSA) is 77.2 Å². The molecule has 0 aromatic heterocycles. The van der Waals surface area contributed by atoms with Crippen LogP contribution in [0.25, 0.3) is 11.1 Å². The van der Waals surface area contributed by atoms with Crippen molar-refractivity contribution in [3.63, 3.8) is 0 Å². The zero-order valence-corrected chi connectivity index (χ0v) is 11.3. The van der Waals surface area contributed by atoms with E-state index in [0.29, 0.717) is 5.56 Å². The molecule has 0 bridgehead atoms. The summed E-state index contributed by atoms with van der Waals surface area (Å²) in [6.07, 6.45) is 1.12. The summed E-state index contributed by atoms with van der Waals surface area (Å²) in [5, 5.41) is 0. The van der Waals surface area contributed by atoms with Gasteiger partial charge in [0.05, 0.1) is 0 Å². The SMILES string of the molecule is C[SH](=O)=O.NC(=O)c1ccccc1-c1ccccc1. The zero-order valence-electron chi connectivity index (χ0n) is 10.4. The molecule has 0 saturated heterocycles. The minimum atomic E-state index is -2.12. The molecule has 2 rings (SSSR count). The molecule has 0 aliphatic rings. The zero-order chi connectivity index (χ0) is 14.3. The molecular formula is C14H15NO3S. The molecule has 0 spiro atoms. The molecule has 2 N–H and O–H groups in total. The van der Waals surface area contributed by atoms with Gasteiger partial charge in [0, 0.05) is 11.8 Å². The van der Waals surface area contributed by atoms with Gasteiger partial charge in [-0.05, 0) is 17.2 Å². The molecule has 0 atom stereocenters. The van der Waals surface area contributed by atoms with E-state index in [1.165, 1.54) is 0 Å². The van der Waals surface area contributed by atoms with E-state index in [2.05, 4.69) is 0 Å². The maximum absolute atomic E-state index is 11.2. The molecular weight excluding hydrogens is 262 g/mol. The number of rotatable bonds is 2. The lowest BCUT2D eigenvalue weighted by atomic mass is 9.99. The summed E-state index contributed by atoms with van der Waals surface area (Å²) >= 11 is 0. The number of nitrogens with two attached hydrogens (primary N) is 1. The second-order valence-electron chi connectivity index (χ2n) is 3.72. The third-order valence-electron chi connectivity index (χ3n) is 2.28. The molecule has 2 aromatic carbocycles. The molecule has 0 fully saturated rings. The van der Waals surface area contributed by atoms with Gasteiger partial charge in [-0.25, -0.2) is 8.42 Å². The average molecular weight is 277 g/mol. The highest BCUT2D eigenvalue weighted by Crippen LogP contribution is 2.22. The molecule has 0 heterocycles. The maximum atomic E-state index is 11.2. The van der Waals surface area contributed by atoms with Crippen LogP contribution < -0.4 is 5.73 Å². The fourth-order valence-electron chi connectivity index (χ4n) is 1.57. The molecule has 0 unspecified atom stereocenters. The predicted octanol–water partition coefficient (Wildman–Crippen LogP) is 1.68. The molecule has 5 heteroatoms. The van der Waals surface area contributed by atoms with Gasteiger partial charge in [-0.1, -0.05) is 48.5 Å². The fourth-order valence-corrected chi connectivity index (χ4v) is 1.57. The number of carbonyl (C=O) groups excluding carboxylic acids is 1. The van der Waals surface area contributed by atoms with Crippen molar-refractivity contribution in [1.82, 2.24) is 0 Å². The highest BCUT2D eigenvalue weighted by atomic mass is 32.2. The number of amides is 1. The highest BCUT2D eigenvalue weighted by Gasteiger charge is 2.07. The molecule has 100 valence electrons. The lowest BCUT2D eigenvalue weighted by Crippen LogP contribution is -2.12. The third kappa shape index (κ3) is 4.93. The van der Waals surface area contributed by atoms with E-state index in [-0.39, 0.29) is 0 Å². The number of primary amides is 1. The van der Waals surface area contributed by atoms with E-state index < -0.39 is 16.6 Å². The molecule has 1 amide bonds. The standard InChI is InChI=1S/C13H11NO.CH4O2S/c14-13(15)12-9-5-4-8-11(12)10-6-2-1-3-7-10;1-4(2)3/h1-9H,(H2,14,15);4H,1H3. The van der Waals surface area contributed by atoms with Gasteiger partial charge in [-0.15, -0.1) is 0 Å². The Morgan fingerprint density at radius 3 is 1.95 bits per heavy atom. The quantitative estimate of drug-likeness (QED) is 0.820. The largest absolute Gasteiger partial charge is 0.366 e. The summed E-state index contributed by atoms with van der Waals surface area (Å²) < 4.78 is 18.1. The van der Waals surface area contributed by atoms with Crippen molar-refractivity contribution in [1.29, 1.82) is 0 Å². The van der Waals surface area contributed by atoms with Crippen LogP contribution in [0, 0.1) is 0 Å². The third-order valence-corrected chi connectivity index (χ3v) is 2.28. The van der Waals surface area contributed by atoms with Crippen LogP contribution in [0.15, 0.2) is 54.6 Å². The lowest BCUT2D eigenvalue weighted by Gasteiger charge is -2.05. The molecule has 0 saturated carbocycles. The Balaban J connectivity index is 0.000000399. The number of hydrogen-bond acceptors (Lipinski definition) is 3. The van der Waals surface area contributed by atoms with Crippen LogP contribution in [0.2, 0.25) is 0 Å². The second-order valence-corrected chi connectivity index (χ2v) is 4.59. The van der Waals surface area contributed by atoms with Crippen molar-refractivity contribution in [2.24, 2.45) is 5.73 Å². The first-order valence-corrected chi connectivity index (χ1v) is 7.17. The number of carbonyl (C=O) groups is 1. The van der Waals surface area contributed by atoms with Crippen LogP contribution in [0.5, 0.6) is 0 Å². The minimum Gasteiger partial charge on any atom is -0.366 e. The number of thiol groups is 1. The van der Waals surface area contributed by atoms with Crippen molar-refractivity contribution in [2.75, 3.05) is 6.26 Å². The van der Waals surface area contributed by atoms with E-state index in [0.717, 1.165) is 17.4 Å². The number of hydrogen-bond donors (Lipinski definition) is 2. The smallest absolute Gasteiger partial charge is 0.249 e. The van der Waals surface area contributed by atoms with Crippen molar-refractivity contribution in [3.8, 4) is 11.1 Å². The van der Waals surface area contributed by atoms with Crippen molar-refractivity contribution in [2.45, 2.75) is 0 Å². The summed E-state index contributed by atoms with van der Waals surface area (Å²) in [5.74, 6) is -0.394. The Hall–Kier alpha value is -2.14. The predicted molar refractivity (Wildman–Crippen MR) is 76.6 cm³/mol. The first-order valence-electron chi connectivity index (χ1n) is 5.54. The van der Waals surface area contributed by atoms with Gasteiger partial charge in [0.1, 0.15) is 10.7 Å². The summed E-state index contributed by atoms with van der Waals surface area (Å²) in [4.78, 5) is 11.2. The van der Waals surface area contributed by atoms with E-state index in [1.807, 2.05) is 48.5 Å². The Kier molecular flexibility index (Phi) is 5.75. The summed E-state index contributed by atoms with van der Waals surface area (Å²) in [6.45, 7) is 0. The van der Waals surface area contributed by atoms with Crippen molar-refractivity contribution < 1.29 is 13.2 Å². The Morgan fingerprint density at radius 2 is 1.42 bits per heavy atom. The minimum absolute atomic E-state index is 0.394. The lowest BCUT2D eigenvalue weighted by molar-refractivity contribution is 0.100. The Labute approximate surface area is 113 Å². The van der Waals surface area contributed by atoms with E-state index in [1.54, 1.807) is 6.07 Å². The molecule has 0 aliphatic carbocycles. The summed E-state index contributed by atoms with van der Waals surface area (Å²) in [6, 6.07) is 17.1. The van der Waals surface area contributed by atoms with E-state index in [9.17, 15) is 4.79 Å². The van der Waals surface area contributed by atoms with Gasteiger partial charge >= 0.3 is 0 Å². The monoisotopic (exact) mass is 277 g/mol. The number of benzene rings is 2. The van der Waals surface area contributed by atoms with E-state index >= 15 is 0 Å². The second kappa shape index (κ2) is 7.33. The Bertz CT molecular complexity index is 614. The summed E-state index contributed by atoms with van der Waals surface area (Å²) in [5.41, 5.74) is 7.76. The van der Waals surface area contributed by atoms with Gasteiger partial charge in [0.15, 0.2) is 0 Å². The Morgan fingerprint density at radius 1 is 0.947 bits per heavy atom. The van der Waals surface area contributed by atoms with Crippen LogP contribution in [-0.4, -0.2) is 20.6 Å². The van der Waals surface area contributed by atoms with Crippen LogP contribution in [0.3, 0.4) is 0 Å². The molecule has 2 aromatic rings. The first-order chi connectivity index (χ1) is 9.02. The molecule has 0 radical (unpaired) electrons. The van der Waals surface area contributed by atoms with Crippen molar-refractivity contribution >= 4 is 16.6 Å². The van der Waals surface area contributed by atoms with Crippen LogP contribution in [0.4, 0.5) is 0 Å². The molecule has 4 nitrogen and oxygen atoms in total.